The first-order valence-corrected chi connectivity index (χ1v) is 5.00. The van der Waals surface area contributed by atoms with E-state index in [1.165, 1.54) is 0 Å². The van der Waals surface area contributed by atoms with Gasteiger partial charge in [-0.25, -0.2) is 0 Å². The Balaban J connectivity index is 2.45. The van der Waals surface area contributed by atoms with Crippen LogP contribution in [0, 0.1) is 0 Å². The van der Waals surface area contributed by atoms with Gasteiger partial charge < -0.3 is 10.4 Å². The lowest BCUT2D eigenvalue weighted by Crippen LogP contribution is -2.29. The Hall–Kier alpha value is -1.91. The van der Waals surface area contributed by atoms with Crippen LogP contribution in [-0.4, -0.2) is 28.5 Å². The zero-order valence-electron chi connectivity index (χ0n) is 9.01. The Morgan fingerprint density at radius 3 is 2.88 bits per heavy atom. The van der Waals surface area contributed by atoms with E-state index < -0.39 is 5.97 Å². The molecule has 0 aliphatic heterocycles. The van der Waals surface area contributed by atoms with Gasteiger partial charge >= 0.3 is 5.97 Å². The number of rotatable bonds is 5. The minimum absolute atomic E-state index is 0.0640. The van der Waals surface area contributed by atoms with Crippen LogP contribution in [0.1, 0.15) is 24.8 Å². The summed E-state index contributed by atoms with van der Waals surface area (Å²) in [6.07, 6.45) is 3.20. The van der Waals surface area contributed by atoms with Crippen LogP contribution in [0.3, 0.4) is 0 Å². The van der Waals surface area contributed by atoms with Gasteiger partial charge in [-0.05, 0) is 18.6 Å². The number of hydrogen-bond donors (Lipinski definition) is 2. The largest absolute Gasteiger partial charge is 0.481 e. The molecule has 16 heavy (non-hydrogen) atoms. The number of aliphatic carboxylic acids is 1. The van der Waals surface area contributed by atoms with Crippen LogP contribution >= 0.6 is 0 Å². The van der Waals surface area contributed by atoms with Crippen molar-refractivity contribution in [3.8, 4) is 0 Å². The molecule has 0 fully saturated rings. The summed E-state index contributed by atoms with van der Waals surface area (Å²) in [5.41, 5.74) is 0.815. The normalized spacial score (nSPS) is 11.8. The first kappa shape index (κ1) is 12.2. The number of pyridine rings is 1. The standard InChI is InChI=1S/C11H14N2O3/c1-8(9-3-2-5-12-7-9)11(16)13-6-4-10(14)15/h2-3,5,7-8H,4,6H2,1H3,(H,13,16)(H,14,15). The lowest BCUT2D eigenvalue weighted by atomic mass is 10.0. The van der Waals surface area contributed by atoms with Crippen molar-refractivity contribution in [2.75, 3.05) is 6.54 Å². The monoisotopic (exact) mass is 222 g/mol. The first-order chi connectivity index (χ1) is 7.61. The molecule has 1 rings (SSSR count). The molecule has 1 unspecified atom stereocenters. The van der Waals surface area contributed by atoms with Crippen LogP contribution in [0.5, 0.6) is 0 Å². The summed E-state index contributed by atoms with van der Waals surface area (Å²) in [4.78, 5) is 25.8. The molecule has 0 bridgehead atoms. The summed E-state index contributed by atoms with van der Waals surface area (Å²) in [7, 11) is 0. The molecular formula is C11H14N2O3. The second-order valence-corrected chi connectivity index (χ2v) is 3.44. The Labute approximate surface area is 93.5 Å². The van der Waals surface area contributed by atoms with E-state index in [-0.39, 0.29) is 24.8 Å². The molecule has 0 radical (unpaired) electrons. The van der Waals surface area contributed by atoms with Gasteiger partial charge in [0.25, 0.3) is 0 Å². The van der Waals surface area contributed by atoms with Gasteiger partial charge in [0.1, 0.15) is 0 Å². The third-order valence-electron chi connectivity index (χ3n) is 2.22. The van der Waals surface area contributed by atoms with E-state index in [1.54, 1.807) is 25.4 Å². The van der Waals surface area contributed by atoms with E-state index in [2.05, 4.69) is 10.3 Å². The molecule has 0 aliphatic carbocycles. The van der Waals surface area contributed by atoms with Crippen molar-refractivity contribution in [2.24, 2.45) is 0 Å². The highest BCUT2D eigenvalue weighted by molar-refractivity contribution is 5.83. The quantitative estimate of drug-likeness (QED) is 0.771. The Morgan fingerprint density at radius 1 is 1.56 bits per heavy atom. The Morgan fingerprint density at radius 2 is 2.31 bits per heavy atom. The molecule has 1 atom stereocenters. The highest BCUT2D eigenvalue weighted by Gasteiger charge is 2.14. The predicted molar refractivity (Wildman–Crippen MR) is 57.9 cm³/mol. The maximum absolute atomic E-state index is 11.6. The summed E-state index contributed by atoms with van der Waals surface area (Å²) in [6, 6.07) is 3.57. The molecule has 5 heteroatoms. The van der Waals surface area contributed by atoms with Crippen molar-refractivity contribution < 1.29 is 14.7 Å². The molecule has 0 saturated heterocycles. The molecular weight excluding hydrogens is 208 g/mol. The number of amides is 1. The van der Waals surface area contributed by atoms with Crippen LogP contribution in [-0.2, 0) is 9.59 Å². The molecule has 1 amide bonds. The zero-order chi connectivity index (χ0) is 12.0. The Kier molecular flexibility index (Phi) is 4.44. The summed E-state index contributed by atoms with van der Waals surface area (Å²) < 4.78 is 0. The van der Waals surface area contributed by atoms with Crippen LogP contribution < -0.4 is 5.32 Å². The second kappa shape index (κ2) is 5.85. The highest BCUT2D eigenvalue weighted by Crippen LogP contribution is 2.12. The third-order valence-corrected chi connectivity index (χ3v) is 2.22. The molecule has 0 aromatic carbocycles. The maximum atomic E-state index is 11.6. The minimum atomic E-state index is -0.922. The fourth-order valence-electron chi connectivity index (χ4n) is 1.23. The number of carboxylic acid groups (broad SMARTS) is 1. The van der Waals surface area contributed by atoms with E-state index in [0.717, 1.165) is 5.56 Å². The van der Waals surface area contributed by atoms with Crippen LogP contribution in [0.4, 0.5) is 0 Å². The molecule has 5 nitrogen and oxygen atoms in total. The number of carboxylic acids is 1. The average molecular weight is 222 g/mol. The van der Waals surface area contributed by atoms with Gasteiger partial charge in [-0.2, -0.15) is 0 Å². The minimum Gasteiger partial charge on any atom is -0.481 e. The molecule has 2 N–H and O–H groups in total. The van der Waals surface area contributed by atoms with Gasteiger partial charge in [0.05, 0.1) is 12.3 Å². The number of aromatic nitrogens is 1. The molecule has 0 spiro atoms. The maximum Gasteiger partial charge on any atom is 0.305 e. The van der Waals surface area contributed by atoms with Crippen molar-refractivity contribution in [3.05, 3.63) is 30.1 Å². The van der Waals surface area contributed by atoms with Gasteiger partial charge in [-0.15, -0.1) is 0 Å². The predicted octanol–water partition coefficient (Wildman–Crippen LogP) is 0.776. The second-order valence-electron chi connectivity index (χ2n) is 3.44. The van der Waals surface area contributed by atoms with Gasteiger partial charge in [0.15, 0.2) is 0 Å². The van der Waals surface area contributed by atoms with Crippen LogP contribution in [0.25, 0.3) is 0 Å². The van der Waals surface area contributed by atoms with Crippen molar-refractivity contribution in [2.45, 2.75) is 19.3 Å². The van der Waals surface area contributed by atoms with Crippen LogP contribution in [0.2, 0.25) is 0 Å². The molecule has 1 aromatic heterocycles. The number of nitrogens with one attached hydrogen (secondary N) is 1. The molecule has 1 heterocycles. The highest BCUT2D eigenvalue weighted by atomic mass is 16.4. The van der Waals surface area contributed by atoms with Crippen molar-refractivity contribution in [1.82, 2.24) is 10.3 Å². The fraction of sp³-hybridized carbons (Fsp3) is 0.364. The van der Waals surface area contributed by atoms with Gasteiger partial charge in [-0.3, -0.25) is 14.6 Å². The van der Waals surface area contributed by atoms with E-state index in [1.807, 2.05) is 6.07 Å². The van der Waals surface area contributed by atoms with E-state index in [0.29, 0.717) is 0 Å². The number of nitrogens with zero attached hydrogens (tertiary/aromatic N) is 1. The average Bonchev–Trinajstić information content (AvgIpc) is 2.28. The van der Waals surface area contributed by atoms with Gasteiger partial charge in [-0.1, -0.05) is 6.07 Å². The van der Waals surface area contributed by atoms with Gasteiger partial charge in [0, 0.05) is 18.9 Å². The van der Waals surface area contributed by atoms with Crippen molar-refractivity contribution in [3.63, 3.8) is 0 Å². The summed E-state index contributed by atoms with van der Waals surface area (Å²) in [6.45, 7) is 1.91. The van der Waals surface area contributed by atoms with Crippen LogP contribution in [0.15, 0.2) is 24.5 Å². The lowest BCUT2D eigenvalue weighted by Gasteiger charge is -2.11. The van der Waals surface area contributed by atoms with E-state index in [4.69, 9.17) is 5.11 Å². The first-order valence-electron chi connectivity index (χ1n) is 5.00. The topological polar surface area (TPSA) is 79.3 Å². The van der Waals surface area contributed by atoms with Gasteiger partial charge in [0.2, 0.25) is 5.91 Å². The smallest absolute Gasteiger partial charge is 0.305 e. The Bertz CT molecular complexity index is 365. The summed E-state index contributed by atoms with van der Waals surface area (Å²) in [5.74, 6) is -1.42. The number of carbonyl (C=O) groups excluding carboxylic acids is 1. The number of carbonyl (C=O) groups is 2. The molecule has 0 saturated carbocycles. The third kappa shape index (κ3) is 3.68. The summed E-state index contributed by atoms with van der Waals surface area (Å²) in [5, 5.41) is 11.0. The molecule has 1 aromatic rings. The number of hydrogen-bond acceptors (Lipinski definition) is 3. The SMILES string of the molecule is CC(C(=O)NCCC(=O)O)c1cccnc1. The summed E-state index contributed by atoms with van der Waals surface area (Å²) >= 11 is 0. The molecule has 0 aliphatic rings. The van der Waals surface area contributed by atoms with E-state index >= 15 is 0 Å². The zero-order valence-corrected chi connectivity index (χ0v) is 9.01. The van der Waals surface area contributed by atoms with Crippen molar-refractivity contribution in [1.29, 1.82) is 0 Å². The van der Waals surface area contributed by atoms with E-state index in [9.17, 15) is 9.59 Å². The fourth-order valence-corrected chi connectivity index (χ4v) is 1.23. The molecule has 86 valence electrons. The lowest BCUT2D eigenvalue weighted by molar-refractivity contribution is -0.136. The van der Waals surface area contributed by atoms with Crippen molar-refractivity contribution >= 4 is 11.9 Å².